The lowest BCUT2D eigenvalue weighted by atomic mass is 10.1. The summed E-state index contributed by atoms with van der Waals surface area (Å²) in [5.41, 5.74) is 2.87. The average Bonchev–Trinajstić information content (AvgIpc) is 3.09. The van der Waals surface area contributed by atoms with Crippen LogP contribution in [0.2, 0.25) is 0 Å². The van der Waals surface area contributed by atoms with E-state index in [2.05, 4.69) is 21.3 Å². The molecular weight excluding hydrogens is 741 g/mol. The van der Waals surface area contributed by atoms with Crippen LogP contribution in [0.1, 0.15) is 31.8 Å². The highest BCUT2D eigenvalue weighted by atomic mass is 32.2. The number of benzene rings is 6. The highest BCUT2D eigenvalue weighted by Gasteiger charge is 2.17. The summed E-state index contributed by atoms with van der Waals surface area (Å²) in [4.78, 5) is 38.2. The predicted molar refractivity (Wildman–Crippen MR) is 202 cm³/mol. The van der Waals surface area contributed by atoms with Gasteiger partial charge in [-0.15, -0.1) is 0 Å². The van der Waals surface area contributed by atoms with Gasteiger partial charge in [0.15, 0.2) is 0 Å². The first-order valence-corrected chi connectivity index (χ1v) is 18.6. The lowest BCUT2D eigenvalue weighted by Gasteiger charge is -2.14. The first kappa shape index (κ1) is 37.2. The summed E-state index contributed by atoms with van der Waals surface area (Å²) < 4.78 is 64.4. The van der Waals surface area contributed by atoms with Gasteiger partial charge in [-0.3, -0.25) is 18.7 Å². The molecule has 0 aliphatic rings. The SMILES string of the molecule is Cc1cc(C(=O)Nc2cc(O)c3cc(S(=O)(=O)O)ccc3c2)ccc1NC(=O)Nc1ccc(C(=O)Nc2cc(O)c3cc(S(=O)(=O)O)ccc3c2)cc1C. The van der Waals surface area contributed by atoms with E-state index in [0.717, 1.165) is 12.1 Å². The molecule has 54 heavy (non-hydrogen) atoms. The summed E-state index contributed by atoms with van der Waals surface area (Å²) in [6.07, 6.45) is 0. The number of rotatable bonds is 8. The first-order chi connectivity index (χ1) is 25.3. The molecule has 0 saturated carbocycles. The largest absolute Gasteiger partial charge is 0.507 e. The molecule has 0 radical (unpaired) electrons. The lowest BCUT2D eigenvalue weighted by Crippen LogP contribution is -2.21. The maximum absolute atomic E-state index is 13.0. The van der Waals surface area contributed by atoms with Gasteiger partial charge in [0, 0.05) is 56.8 Å². The minimum atomic E-state index is -4.48. The van der Waals surface area contributed by atoms with E-state index in [1.54, 1.807) is 26.0 Å². The third-order valence-electron chi connectivity index (χ3n) is 8.39. The van der Waals surface area contributed by atoms with E-state index in [1.165, 1.54) is 72.8 Å². The number of amides is 4. The highest BCUT2D eigenvalue weighted by Crippen LogP contribution is 2.33. The van der Waals surface area contributed by atoms with Gasteiger partial charge in [0.2, 0.25) is 0 Å². The predicted octanol–water partition coefficient (Wildman–Crippen LogP) is 6.66. The van der Waals surface area contributed by atoms with Gasteiger partial charge in [0.1, 0.15) is 11.5 Å². The molecule has 0 fully saturated rings. The van der Waals surface area contributed by atoms with Crippen LogP contribution in [-0.4, -0.2) is 54.0 Å². The molecule has 15 nitrogen and oxygen atoms in total. The Morgan fingerprint density at radius 3 is 1.24 bits per heavy atom. The van der Waals surface area contributed by atoms with E-state index in [1.807, 2.05) is 0 Å². The Hall–Kier alpha value is -6.53. The zero-order valence-corrected chi connectivity index (χ0v) is 29.8. The molecule has 4 amide bonds. The van der Waals surface area contributed by atoms with Crippen LogP contribution < -0.4 is 21.3 Å². The second kappa shape index (κ2) is 14.1. The van der Waals surface area contributed by atoms with Crippen molar-refractivity contribution in [1.29, 1.82) is 0 Å². The molecule has 17 heteroatoms. The minimum Gasteiger partial charge on any atom is -0.507 e. The third-order valence-corrected chi connectivity index (χ3v) is 10.1. The van der Waals surface area contributed by atoms with Gasteiger partial charge < -0.3 is 31.5 Å². The maximum Gasteiger partial charge on any atom is 0.323 e. The number of carbonyl (C=O) groups is 3. The number of phenols is 2. The second-order valence-electron chi connectivity index (χ2n) is 12.3. The normalized spacial score (nSPS) is 11.6. The molecule has 0 spiro atoms. The standard InChI is InChI=1S/C37H30N4O11S2/c1-19-11-23(35(44)38-25-13-21-3-7-27(53(47,48)49)17-29(21)33(42)15-25)5-9-31(19)40-37(46)41-32-10-6-24(12-20(32)2)36(45)39-26-14-22-4-8-28(54(50,51)52)18-30(22)34(43)16-26/h3-18,42-43H,1-2H3,(H,38,44)(H,39,45)(H2,40,41,46)(H,47,48,49)(H,50,51,52). The summed E-state index contributed by atoms with van der Waals surface area (Å²) >= 11 is 0. The number of aryl methyl sites for hydroxylation is 2. The van der Waals surface area contributed by atoms with Crippen molar-refractivity contribution in [3.63, 3.8) is 0 Å². The van der Waals surface area contributed by atoms with E-state index < -0.39 is 38.1 Å². The molecule has 6 aromatic rings. The van der Waals surface area contributed by atoms with Crippen molar-refractivity contribution in [1.82, 2.24) is 0 Å². The number of aromatic hydroxyl groups is 2. The molecular formula is C37H30N4O11S2. The number of urea groups is 1. The van der Waals surface area contributed by atoms with Gasteiger partial charge >= 0.3 is 6.03 Å². The van der Waals surface area contributed by atoms with Gasteiger partial charge in [-0.25, -0.2) is 4.79 Å². The van der Waals surface area contributed by atoms with Crippen LogP contribution in [0.4, 0.5) is 27.5 Å². The van der Waals surface area contributed by atoms with Crippen molar-refractivity contribution in [3.8, 4) is 11.5 Å². The van der Waals surface area contributed by atoms with Crippen molar-refractivity contribution in [2.45, 2.75) is 23.6 Å². The second-order valence-corrected chi connectivity index (χ2v) is 15.1. The van der Waals surface area contributed by atoms with Crippen LogP contribution in [0.3, 0.4) is 0 Å². The van der Waals surface area contributed by atoms with Gasteiger partial charge in [0.05, 0.1) is 9.79 Å². The molecule has 0 heterocycles. The summed E-state index contributed by atoms with van der Waals surface area (Å²) in [7, 11) is -8.96. The molecule has 0 aliphatic heterocycles. The van der Waals surface area contributed by atoms with Crippen molar-refractivity contribution in [3.05, 3.63) is 119 Å². The zero-order valence-electron chi connectivity index (χ0n) is 28.2. The van der Waals surface area contributed by atoms with Crippen molar-refractivity contribution in [2.24, 2.45) is 0 Å². The quantitative estimate of drug-likeness (QED) is 0.0760. The Morgan fingerprint density at radius 2 is 0.889 bits per heavy atom. The number of carbonyl (C=O) groups excluding carboxylic acids is 3. The number of hydrogen-bond donors (Lipinski definition) is 8. The Bertz CT molecular complexity index is 2600. The Balaban J connectivity index is 1.08. The van der Waals surface area contributed by atoms with Gasteiger partial charge in [-0.1, -0.05) is 12.1 Å². The van der Waals surface area contributed by atoms with Crippen LogP contribution >= 0.6 is 0 Å². The number of phenolic OH excluding ortho intramolecular Hbond substituents is 2. The van der Waals surface area contributed by atoms with E-state index in [9.17, 15) is 50.5 Å². The third kappa shape index (κ3) is 8.08. The van der Waals surface area contributed by atoms with Gasteiger partial charge in [-0.2, -0.15) is 16.8 Å². The Labute approximate surface area is 307 Å². The van der Waals surface area contributed by atoms with Crippen molar-refractivity contribution in [2.75, 3.05) is 21.3 Å². The lowest BCUT2D eigenvalue weighted by molar-refractivity contribution is 0.101. The molecule has 6 rings (SSSR count). The minimum absolute atomic E-state index is 0.160. The van der Waals surface area contributed by atoms with Crippen LogP contribution in [0.25, 0.3) is 21.5 Å². The van der Waals surface area contributed by atoms with E-state index in [-0.39, 0.29) is 54.6 Å². The van der Waals surface area contributed by atoms with Crippen LogP contribution in [0.5, 0.6) is 11.5 Å². The molecule has 0 atom stereocenters. The monoisotopic (exact) mass is 770 g/mol. The van der Waals surface area contributed by atoms with E-state index in [0.29, 0.717) is 33.3 Å². The number of anilines is 4. The van der Waals surface area contributed by atoms with Crippen LogP contribution in [0, 0.1) is 13.8 Å². The number of fused-ring (bicyclic) bond motifs is 2. The molecule has 276 valence electrons. The highest BCUT2D eigenvalue weighted by molar-refractivity contribution is 7.86. The van der Waals surface area contributed by atoms with Crippen LogP contribution in [0.15, 0.2) is 107 Å². The topological polar surface area (TPSA) is 249 Å². The molecule has 6 aromatic carbocycles. The molecule has 0 aromatic heterocycles. The molecule has 0 saturated heterocycles. The molecule has 0 aliphatic carbocycles. The zero-order chi connectivity index (χ0) is 39.1. The Kier molecular flexibility index (Phi) is 9.74. The summed E-state index contributed by atoms with van der Waals surface area (Å²) in [5.74, 6) is -1.66. The van der Waals surface area contributed by atoms with Gasteiger partial charge in [0.25, 0.3) is 32.1 Å². The fourth-order valence-corrected chi connectivity index (χ4v) is 6.69. The number of hydrogen-bond acceptors (Lipinski definition) is 9. The first-order valence-electron chi connectivity index (χ1n) is 15.8. The molecule has 0 unspecified atom stereocenters. The van der Waals surface area contributed by atoms with E-state index >= 15 is 0 Å². The van der Waals surface area contributed by atoms with Crippen LogP contribution in [-0.2, 0) is 20.2 Å². The number of nitrogens with one attached hydrogen (secondary N) is 4. The summed E-state index contributed by atoms with van der Waals surface area (Å²) in [6, 6.07) is 21.4. The van der Waals surface area contributed by atoms with Crippen molar-refractivity contribution >= 4 is 82.4 Å². The Morgan fingerprint density at radius 1 is 0.500 bits per heavy atom. The summed E-state index contributed by atoms with van der Waals surface area (Å²) in [5, 5.41) is 32.8. The van der Waals surface area contributed by atoms with Gasteiger partial charge in [-0.05, 0) is 109 Å². The van der Waals surface area contributed by atoms with E-state index in [4.69, 9.17) is 0 Å². The van der Waals surface area contributed by atoms with Crippen molar-refractivity contribution < 1.29 is 50.5 Å². The smallest absolute Gasteiger partial charge is 0.323 e. The summed E-state index contributed by atoms with van der Waals surface area (Å²) in [6.45, 7) is 3.37. The molecule has 8 N–H and O–H groups in total. The maximum atomic E-state index is 13.0. The fraction of sp³-hybridized carbons (Fsp3) is 0.0541. The average molecular weight is 771 g/mol. The molecule has 0 bridgehead atoms. The fourth-order valence-electron chi connectivity index (χ4n) is 5.67.